The number of rotatable bonds is 3. The highest BCUT2D eigenvalue weighted by atomic mass is 16.2. The Morgan fingerprint density at radius 1 is 1.21 bits per heavy atom. The van der Waals surface area contributed by atoms with E-state index in [1.54, 1.807) is 0 Å². The summed E-state index contributed by atoms with van der Waals surface area (Å²) in [5.41, 5.74) is 2.96. The molecule has 100 valence electrons. The largest absolute Gasteiger partial charge is 0.307 e. The van der Waals surface area contributed by atoms with Crippen LogP contribution in [0.25, 0.3) is 0 Å². The van der Waals surface area contributed by atoms with Gasteiger partial charge in [0.2, 0.25) is 11.8 Å². The molecule has 2 aliphatic rings. The van der Waals surface area contributed by atoms with Gasteiger partial charge in [-0.3, -0.25) is 19.5 Å². The van der Waals surface area contributed by atoms with Crippen LogP contribution in [0.3, 0.4) is 0 Å². The molecular formula is C12H15N5O2. The molecular weight excluding hydrogens is 246 g/mol. The lowest BCUT2D eigenvalue weighted by Gasteiger charge is -2.15. The van der Waals surface area contributed by atoms with E-state index in [2.05, 4.69) is 15.4 Å². The summed E-state index contributed by atoms with van der Waals surface area (Å²) in [7, 11) is 0. The minimum atomic E-state index is -0.106. The van der Waals surface area contributed by atoms with Crippen LogP contribution in [0, 0.1) is 11.8 Å². The van der Waals surface area contributed by atoms with Gasteiger partial charge >= 0.3 is 0 Å². The molecule has 1 saturated heterocycles. The van der Waals surface area contributed by atoms with Crippen molar-refractivity contribution in [3.63, 3.8) is 0 Å². The number of fused-ring (bicyclic) bond motifs is 1. The van der Waals surface area contributed by atoms with E-state index in [4.69, 9.17) is 5.84 Å². The molecule has 2 amide bonds. The van der Waals surface area contributed by atoms with Crippen molar-refractivity contribution in [2.45, 2.75) is 25.8 Å². The predicted octanol–water partition coefficient (Wildman–Crippen LogP) is 0.0473. The highest BCUT2D eigenvalue weighted by Gasteiger charge is 2.49. The van der Waals surface area contributed by atoms with Gasteiger partial charge in [0.05, 0.1) is 36.5 Å². The fraction of sp³-hybridized carbons (Fsp3) is 0.500. The number of likely N-dealkylation sites (tertiary alicyclic amines) is 1. The topological polar surface area (TPSA) is 101 Å². The molecule has 3 rings (SSSR count). The Balaban J connectivity index is 1.76. The van der Waals surface area contributed by atoms with Crippen LogP contribution in [-0.4, -0.2) is 26.7 Å². The van der Waals surface area contributed by atoms with Crippen molar-refractivity contribution in [2.75, 3.05) is 5.43 Å². The Kier molecular flexibility index (Phi) is 2.90. The Bertz CT molecular complexity index is 493. The molecule has 0 bridgehead atoms. The van der Waals surface area contributed by atoms with Crippen LogP contribution in [0.15, 0.2) is 12.4 Å². The molecule has 1 saturated carbocycles. The van der Waals surface area contributed by atoms with Gasteiger partial charge < -0.3 is 5.43 Å². The first-order valence-electron chi connectivity index (χ1n) is 6.33. The number of imide groups is 1. The number of nitrogen functional groups attached to an aromatic ring is 1. The first-order valence-corrected chi connectivity index (χ1v) is 6.33. The normalized spacial score (nSPS) is 25.8. The van der Waals surface area contributed by atoms with Crippen molar-refractivity contribution in [2.24, 2.45) is 17.7 Å². The maximum absolute atomic E-state index is 12.1. The zero-order chi connectivity index (χ0) is 13.4. The number of hydrogen-bond acceptors (Lipinski definition) is 6. The average molecular weight is 261 g/mol. The van der Waals surface area contributed by atoms with Gasteiger partial charge in [0.1, 0.15) is 0 Å². The van der Waals surface area contributed by atoms with E-state index in [9.17, 15) is 9.59 Å². The summed E-state index contributed by atoms with van der Waals surface area (Å²) < 4.78 is 0. The molecule has 19 heavy (non-hydrogen) atoms. The van der Waals surface area contributed by atoms with Gasteiger partial charge in [-0.25, -0.2) is 10.8 Å². The summed E-state index contributed by atoms with van der Waals surface area (Å²) in [5, 5.41) is 0. The lowest BCUT2D eigenvalue weighted by molar-refractivity contribution is -0.141. The predicted molar refractivity (Wildman–Crippen MR) is 66.2 cm³/mol. The number of anilines is 1. The van der Waals surface area contributed by atoms with Gasteiger partial charge in [-0.05, 0) is 12.8 Å². The van der Waals surface area contributed by atoms with E-state index in [1.807, 2.05) is 0 Å². The molecule has 1 aliphatic heterocycles. The zero-order valence-electron chi connectivity index (χ0n) is 10.4. The van der Waals surface area contributed by atoms with Crippen molar-refractivity contribution in [1.82, 2.24) is 14.9 Å². The van der Waals surface area contributed by atoms with Gasteiger partial charge in [0, 0.05) is 0 Å². The Morgan fingerprint density at radius 2 is 1.89 bits per heavy atom. The zero-order valence-corrected chi connectivity index (χ0v) is 10.4. The van der Waals surface area contributed by atoms with Crippen molar-refractivity contribution in [1.29, 1.82) is 0 Å². The Morgan fingerprint density at radius 3 is 2.42 bits per heavy atom. The third kappa shape index (κ3) is 1.95. The van der Waals surface area contributed by atoms with E-state index in [-0.39, 0.29) is 30.2 Å². The van der Waals surface area contributed by atoms with Crippen LogP contribution in [0.5, 0.6) is 0 Å². The second kappa shape index (κ2) is 4.58. The Labute approximate surface area is 110 Å². The van der Waals surface area contributed by atoms with E-state index in [0.717, 1.165) is 19.3 Å². The molecule has 0 aromatic carbocycles. The molecule has 1 aromatic rings. The number of nitrogens with zero attached hydrogens (tertiary/aromatic N) is 3. The van der Waals surface area contributed by atoms with Crippen LogP contribution in [0.2, 0.25) is 0 Å². The van der Waals surface area contributed by atoms with E-state index in [1.165, 1.54) is 17.3 Å². The second-order valence-corrected chi connectivity index (χ2v) is 4.94. The molecule has 1 aromatic heterocycles. The molecule has 2 fully saturated rings. The quantitative estimate of drug-likeness (QED) is 0.453. The number of amides is 2. The van der Waals surface area contributed by atoms with Crippen molar-refractivity contribution in [3.05, 3.63) is 18.1 Å². The summed E-state index contributed by atoms with van der Waals surface area (Å²) in [6.07, 6.45) is 5.61. The Hall–Kier alpha value is -2.02. The fourth-order valence-electron chi connectivity index (χ4n) is 2.89. The van der Waals surface area contributed by atoms with Gasteiger partial charge in [-0.1, -0.05) is 6.42 Å². The maximum Gasteiger partial charge on any atom is 0.233 e. The van der Waals surface area contributed by atoms with Gasteiger partial charge in [-0.15, -0.1) is 0 Å². The van der Waals surface area contributed by atoms with E-state index in [0.29, 0.717) is 11.5 Å². The first kappa shape index (κ1) is 12.0. The van der Waals surface area contributed by atoms with Crippen molar-refractivity contribution < 1.29 is 9.59 Å². The van der Waals surface area contributed by atoms with Crippen LogP contribution in [-0.2, 0) is 16.1 Å². The number of hydrogen-bond donors (Lipinski definition) is 2. The standard InChI is InChI=1S/C12H15N5O2/c13-16-10-5-14-7(4-15-10)6-17-11(18)8-2-1-3-9(8)12(17)19/h4-5,8-9H,1-3,6,13H2,(H,15,16). The molecule has 1 aliphatic carbocycles. The fourth-order valence-corrected chi connectivity index (χ4v) is 2.89. The van der Waals surface area contributed by atoms with E-state index < -0.39 is 0 Å². The maximum atomic E-state index is 12.1. The number of carbonyl (C=O) groups excluding carboxylic acids is 2. The number of carbonyl (C=O) groups is 2. The summed E-state index contributed by atoms with van der Waals surface area (Å²) in [6, 6.07) is 0. The number of aromatic nitrogens is 2. The highest BCUT2D eigenvalue weighted by Crippen LogP contribution is 2.40. The lowest BCUT2D eigenvalue weighted by atomic mass is 10.00. The SMILES string of the molecule is NNc1cnc(CN2C(=O)C3CCCC3C2=O)cn1. The molecule has 0 radical (unpaired) electrons. The molecule has 2 heterocycles. The summed E-state index contributed by atoms with van der Waals surface area (Å²) in [4.78, 5) is 33.8. The average Bonchev–Trinajstić information content (AvgIpc) is 3.00. The minimum Gasteiger partial charge on any atom is -0.307 e. The molecule has 0 spiro atoms. The summed E-state index contributed by atoms with van der Waals surface area (Å²) in [5.74, 6) is 5.31. The van der Waals surface area contributed by atoms with Crippen LogP contribution in [0.1, 0.15) is 25.0 Å². The second-order valence-electron chi connectivity index (χ2n) is 4.94. The highest BCUT2D eigenvalue weighted by molar-refractivity contribution is 6.05. The summed E-state index contributed by atoms with van der Waals surface area (Å²) in [6.45, 7) is 0.197. The lowest BCUT2D eigenvalue weighted by Crippen LogP contribution is -2.31. The third-order valence-electron chi connectivity index (χ3n) is 3.86. The van der Waals surface area contributed by atoms with Crippen molar-refractivity contribution >= 4 is 17.6 Å². The van der Waals surface area contributed by atoms with Gasteiger partial charge in [0.15, 0.2) is 5.82 Å². The van der Waals surface area contributed by atoms with Crippen LogP contribution >= 0.6 is 0 Å². The van der Waals surface area contributed by atoms with Crippen LogP contribution in [0.4, 0.5) is 5.82 Å². The summed E-state index contributed by atoms with van der Waals surface area (Å²) >= 11 is 0. The number of nitrogens with two attached hydrogens (primary N) is 1. The number of nitrogens with one attached hydrogen (secondary N) is 1. The van der Waals surface area contributed by atoms with Crippen LogP contribution < -0.4 is 11.3 Å². The third-order valence-corrected chi connectivity index (χ3v) is 3.86. The first-order chi connectivity index (χ1) is 9.20. The molecule has 2 unspecified atom stereocenters. The van der Waals surface area contributed by atoms with Gasteiger partial charge in [-0.2, -0.15) is 0 Å². The number of hydrazine groups is 1. The molecule has 7 heteroatoms. The van der Waals surface area contributed by atoms with Crippen molar-refractivity contribution in [3.8, 4) is 0 Å². The minimum absolute atomic E-state index is 0.0599. The molecule has 7 nitrogen and oxygen atoms in total. The van der Waals surface area contributed by atoms with E-state index >= 15 is 0 Å². The molecule has 2 atom stereocenters. The van der Waals surface area contributed by atoms with Gasteiger partial charge in [0.25, 0.3) is 0 Å². The molecule has 3 N–H and O–H groups in total. The smallest absolute Gasteiger partial charge is 0.233 e. The monoisotopic (exact) mass is 261 g/mol.